The van der Waals surface area contributed by atoms with Crippen LogP contribution in [0.15, 0.2) is 48.5 Å². The van der Waals surface area contributed by atoms with E-state index in [4.69, 9.17) is 14.6 Å². The molecule has 0 aromatic heterocycles. The topological polar surface area (TPSA) is 107 Å². The SMILES string of the molecule is CCCCOC(=O)c1ccccc1C(=O)OC(=O)c1ccccc1C(=O)O. The number of hydrogen-bond acceptors (Lipinski definition) is 6. The molecule has 0 bridgehead atoms. The normalized spacial score (nSPS) is 10.1. The van der Waals surface area contributed by atoms with Crippen LogP contribution in [0, 0.1) is 0 Å². The smallest absolute Gasteiger partial charge is 0.346 e. The van der Waals surface area contributed by atoms with E-state index >= 15 is 0 Å². The van der Waals surface area contributed by atoms with Crippen molar-refractivity contribution < 1.29 is 33.8 Å². The lowest BCUT2D eigenvalue weighted by Gasteiger charge is -2.09. The number of esters is 3. The van der Waals surface area contributed by atoms with Crippen LogP contribution < -0.4 is 0 Å². The van der Waals surface area contributed by atoms with Crippen molar-refractivity contribution in [1.29, 1.82) is 0 Å². The molecule has 0 fully saturated rings. The molecule has 7 heteroatoms. The molecule has 7 nitrogen and oxygen atoms in total. The molecular weight excluding hydrogens is 352 g/mol. The van der Waals surface area contributed by atoms with Crippen LogP contribution in [0.4, 0.5) is 0 Å². The highest BCUT2D eigenvalue weighted by molar-refractivity contribution is 6.10. The van der Waals surface area contributed by atoms with E-state index in [2.05, 4.69) is 0 Å². The molecular formula is C20H18O7. The van der Waals surface area contributed by atoms with E-state index in [9.17, 15) is 19.2 Å². The molecule has 0 spiro atoms. The summed E-state index contributed by atoms with van der Waals surface area (Å²) in [5.41, 5.74) is -0.720. The summed E-state index contributed by atoms with van der Waals surface area (Å²) < 4.78 is 9.87. The molecule has 2 aromatic rings. The monoisotopic (exact) mass is 370 g/mol. The summed E-state index contributed by atoms with van der Waals surface area (Å²) in [6.07, 6.45) is 1.53. The zero-order chi connectivity index (χ0) is 19.8. The first-order valence-corrected chi connectivity index (χ1v) is 8.30. The predicted octanol–water partition coefficient (Wildman–Crippen LogP) is 3.34. The molecule has 0 saturated heterocycles. The van der Waals surface area contributed by atoms with Crippen LogP contribution in [0.2, 0.25) is 0 Å². The van der Waals surface area contributed by atoms with Gasteiger partial charge in [-0.2, -0.15) is 0 Å². The Morgan fingerprint density at radius 1 is 0.778 bits per heavy atom. The van der Waals surface area contributed by atoms with Gasteiger partial charge in [-0.15, -0.1) is 0 Å². The first-order chi connectivity index (χ1) is 13.0. The van der Waals surface area contributed by atoms with Crippen molar-refractivity contribution in [2.24, 2.45) is 0 Å². The fraction of sp³-hybridized carbons (Fsp3) is 0.200. The Balaban J connectivity index is 2.21. The Kier molecular flexibility index (Phi) is 6.82. The van der Waals surface area contributed by atoms with Gasteiger partial charge in [-0.25, -0.2) is 19.2 Å². The molecule has 0 unspecified atom stereocenters. The maximum Gasteiger partial charge on any atom is 0.346 e. The molecule has 140 valence electrons. The van der Waals surface area contributed by atoms with Gasteiger partial charge in [-0.1, -0.05) is 37.6 Å². The third kappa shape index (κ3) is 5.01. The van der Waals surface area contributed by atoms with Crippen LogP contribution in [-0.2, 0) is 9.47 Å². The van der Waals surface area contributed by atoms with Crippen LogP contribution in [0.3, 0.4) is 0 Å². The summed E-state index contributed by atoms with van der Waals surface area (Å²) in [5, 5.41) is 9.13. The van der Waals surface area contributed by atoms with Gasteiger partial charge in [-0.05, 0) is 30.7 Å². The number of aromatic carboxylic acids is 1. The molecule has 0 aliphatic heterocycles. The lowest BCUT2D eigenvalue weighted by atomic mass is 10.1. The average molecular weight is 370 g/mol. The highest BCUT2D eigenvalue weighted by Crippen LogP contribution is 2.15. The van der Waals surface area contributed by atoms with Crippen molar-refractivity contribution in [2.75, 3.05) is 6.61 Å². The van der Waals surface area contributed by atoms with Gasteiger partial charge in [0.05, 0.1) is 28.9 Å². The largest absolute Gasteiger partial charge is 0.478 e. The molecule has 0 amide bonds. The molecule has 1 N–H and O–H groups in total. The number of unbranched alkanes of at least 4 members (excludes halogenated alkanes) is 1. The number of ether oxygens (including phenoxy) is 2. The van der Waals surface area contributed by atoms with Crippen LogP contribution >= 0.6 is 0 Å². The zero-order valence-electron chi connectivity index (χ0n) is 14.6. The molecule has 0 radical (unpaired) electrons. The summed E-state index contributed by atoms with van der Waals surface area (Å²) in [4.78, 5) is 47.9. The number of carboxylic acid groups (broad SMARTS) is 1. The molecule has 0 aliphatic rings. The van der Waals surface area contributed by atoms with Gasteiger partial charge >= 0.3 is 23.9 Å². The minimum absolute atomic E-state index is 0.0297. The van der Waals surface area contributed by atoms with Crippen molar-refractivity contribution in [2.45, 2.75) is 19.8 Å². The van der Waals surface area contributed by atoms with Crippen molar-refractivity contribution in [3.63, 3.8) is 0 Å². The van der Waals surface area contributed by atoms with Crippen LogP contribution in [0.25, 0.3) is 0 Å². The van der Waals surface area contributed by atoms with Crippen molar-refractivity contribution in [3.05, 3.63) is 70.8 Å². The quantitative estimate of drug-likeness (QED) is 0.452. The molecule has 0 atom stereocenters. The van der Waals surface area contributed by atoms with E-state index in [1.807, 2.05) is 6.92 Å². The maximum atomic E-state index is 12.4. The highest BCUT2D eigenvalue weighted by Gasteiger charge is 2.24. The summed E-state index contributed by atoms with van der Waals surface area (Å²) in [6, 6.07) is 11.1. The first kappa shape index (κ1) is 19.8. The minimum atomic E-state index is -1.32. The third-order valence-electron chi connectivity index (χ3n) is 3.66. The van der Waals surface area contributed by atoms with Gasteiger partial charge in [0, 0.05) is 0 Å². The van der Waals surface area contributed by atoms with Gasteiger partial charge in [-0.3, -0.25) is 0 Å². The number of carboxylic acids is 1. The molecule has 0 heterocycles. The number of rotatable bonds is 7. The van der Waals surface area contributed by atoms with E-state index in [0.717, 1.165) is 6.42 Å². The Morgan fingerprint density at radius 2 is 1.22 bits per heavy atom. The summed E-state index contributed by atoms with van der Waals surface area (Å²) >= 11 is 0. The molecule has 0 aliphatic carbocycles. The molecule has 0 saturated carbocycles. The predicted molar refractivity (Wildman–Crippen MR) is 94.8 cm³/mol. The lowest BCUT2D eigenvalue weighted by Crippen LogP contribution is -2.19. The zero-order valence-corrected chi connectivity index (χ0v) is 14.6. The second kappa shape index (κ2) is 9.28. The Morgan fingerprint density at radius 3 is 1.70 bits per heavy atom. The molecule has 27 heavy (non-hydrogen) atoms. The summed E-state index contributed by atoms with van der Waals surface area (Å²) in [5.74, 6) is -4.21. The lowest BCUT2D eigenvalue weighted by molar-refractivity contribution is 0.0378. The summed E-state index contributed by atoms with van der Waals surface area (Å²) in [6.45, 7) is 2.16. The number of benzene rings is 2. The Hall–Kier alpha value is -3.48. The van der Waals surface area contributed by atoms with Crippen molar-refractivity contribution >= 4 is 23.9 Å². The number of carbonyl (C=O) groups excluding carboxylic acids is 3. The van der Waals surface area contributed by atoms with Crippen LogP contribution in [0.5, 0.6) is 0 Å². The van der Waals surface area contributed by atoms with Gasteiger partial charge in [0.15, 0.2) is 0 Å². The van der Waals surface area contributed by atoms with E-state index in [1.54, 1.807) is 6.07 Å². The molecule has 2 rings (SSSR count). The minimum Gasteiger partial charge on any atom is -0.478 e. The van der Waals surface area contributed by atoms with E-state index in [0.29, 0.717) is 6.42 Å². The fourth-order valence-corrected chi connectivity index (χ4v) is 2.27. The first-order valence-electron chi connectivity index (χ1n) is 8.30. The Bertz CT molecular complexity index is 870. The fourth-order valence-electron chi connectivity index (χ4n) is 2.27. The van der Waals surface area contributed by atoms with Crippen LogP contribution in [-0.4, -0.2) is 35.6 Å². The van der Waals surface area contributed by atoms with E-state index in [1.165, 1.54) is 42.5 Å². The molecule has 2 aromatic carbocycles. The number of hydrogen-bond donors (Lipinski definition) is 1. The van der Waals surface area contributed by atoms with E-state index in [-0.39, 0.29) is 28.9 Å². The van der Waals surface area contributed by atoms with Gasteiger partial charge in [0.25, 0.3) is 0 Å². The Labute approximate surface area is 155 Å². The standard InChI is InChI=1S/C20H18O7/c1-2-3-12-26-18(23)15-10-6-7-11-16(15)20(25)27-19(24)14-9-5-4-8-13(14)17(21)22/h4-11H,2-3,12H2,1H3,(H,21,22). The van der Waals surface area contributed by atoms with Gasteiger partial charge < -0.3 is 14.6 Å². The van der Waals surface area contributed by atoms with Gasteiger partial charge in [0.1, 0.15) is 0 Å². The number of carbonyl (C=O) groups is 4. The van der Waals surface area contributed by atoms with Crippen molar-refractivity contribution in [1.82, 2.24) is 0 Å². The highest BCUT2D eigenvalue weighted by atomic mass is 16.6. The van der Waals surface area contributed by atoms with Gasteiger partial charge in [0.2, 0.25) is 0 Å². The summed E-state index contributed by atoms with van der Waals surface area (Å²) in [7, 11) is 0. The van der Waals surface area contributed by atoms with Crippen molar-refractivity contribution in [3.8, 4) is 0 Å². The second-order valence-electron chi connectivity index (χ2n) is 5.56. The maximum absolute atomic E-state index is 12.4. The third-order valence-corrected chi connectivity index (χ3v) is 3.66. The van der Waals surface area contributed by atoms with Crippen LogP contribution in [0.1, 0.15) is 61.2 Å². The average Bonchev–Trinajstić information content (AvgIpc) is 2.67. The second-order valence-corrected chi connectivity index (χ2v) is 5.56. The van der Waals surface area contributed by atoms with E-state index < -0.39 is 23.9 Å².